The van der Waals surface area contributed by atoms with E-state index in [1.54, 1.807) is 16.9 Å². The number of H-pyrrole nitrogens is 1. The molecule has 5 rings (SSSR count). The summed E-state index contributed by atoms with van der Waals surface area (Å²) in [7, 11) is 0. The summed E-state index contributed by atoms with van der Waals surface area (Å²) >= 11 is 0. The number of rotatable bonds is 3. The van der Waals surface area contributed by atoms with Gasteiger partial charge in [-0.25, -0.2) is 14.5 Å². The normalized spacial score (nSPS) is 14.7. The summed E-state index contributed by atoms with van der Waals surface area (Å²) in [6.07, 6.45) is 5.02. The molecule has 4 aromatic rings. The third-order valence-corrected chi connectivity index (χ3v) is 4.73. The monoisotopic (exact) mass is 362 g/mol. The molecule has 0 spiro atoms. The van der Waals surface area contributed by atoms with Crippen LogP contribution in [0.2, 0.25) is 0 Å². The highest BCUT2D eigenvalue weighted by atomic mass is 16.5. The average molecular weight is 362 g/mol. The first kappa shape index (κ1) is 15.8. The number of aromatic nitrogens is 6. The van der Waals surface area contributed by atoms with Gasteiger partial charge in [-0.1, -0.05) is 12.1 Å². The number of fused-ring (bicyclic) bond motifs is 1. The molecule has 0 aliphatic carbocycles. The smallest absolute Gasteiger partial charge is 0.198 e. The minimum Gasteiger partial charge on any atom is -0.381 e. The Morgan fingerprint density at radius 3 is 2.63 bits per heavy atom. The molecule has 1 saturated heterocycles. The molecule has 3 N–H and O–H groups in total. The van der Waals surface area contributed by atoms with Crippen molar-refractivity contribution in [2.24, 2.45) is 0 Å². The lowest BCUT2D eigenvalue weighted by atomic mass is 10.1. The van der Waals surface area contributed by atoms with Crippen molar-refractivity contribution < 1.29 is 4.74 Å². The predicted molar refractivity (Wildman–Crippen MR) is 101 cm³/mol. The van der Waals surface area contributed by atoms with Crippen LogP contribution in [0.15, 0.2) is 43.0 Å². The van der Waals surface area contributed by atoms with Crippen LogP contribution in [-0.2, 0) is 4.74 Å². The lowest BCUT2D eigenvalue weighted by Gasteiger charge is -2.29. The average Bonchev–Trinajstić information content (AvgIpc) is 3.41. The van der Waals surface area contributed by atoms with E-state index in [2.05, 4.69) is 54.4 Å². The van der Waals surface area contributed by atoms with Gasteiger partial charge in [-0.2, -0.15) is 10.2 Å². The fourth-order valence-corrected chi connectivity index (χ4v) is 3.40. The van der Waals surface area contributed by atoms with E-state index in [9.17, 15) is 0 Å². The van der Waals surface area contributed by atoms with E-state index in [-0.39, 0.29) is 0 Å². The lowest BCUT2D eigenvalue weighted by Crippen LogP contribution is -2.36. The molecule has 0 saturated carbocycles. The number of aromatic amines is 1. The Morgan fingerprint density at radius 1 is 1.07 bits per heavy atom. The second kappa shape index (κ2) is 6.36. The van der Waals surface area contributed by atoms with Gasteiger partial charge in [0.15, 0.2) is 11.5 Å². The number of morpholine rings is 1. The van der Waals surface area contributed by atoms with Crippen molar-refractivity contribution in [1.29, 1.82) is 0 Å². The van der Waals surface area contributed by atoms with Crippen molar-refractivity contribution in [3.63, 3.8) is 0 Å². The van der Waals surface area contributed by atoms with Crippen LogP contribution in [0.4, 0.5) is 11.5 Å². The zero-order chi connectivity index (χ0) is 18.2. The summed E-state index contributed by atoms with van der Waals surface area (Å²) < 4.78 is 7.13. The Kier molecular flexibility index (Phi) is 3.72. The van der Waals surface area contributed by atoms with Crippen LogP contribution in [0.5, 0.6) is 0 Å². The number of hydrogen-bond acceptors (Lipinski definition) is 7. The van der Waals surface area contributed by atoms with Crippen LogP contribution >= 0.6 is 0 Å². The molecule has 27 heavy (non-hydrogen) atoms. The van der Waals surface area contributed by atoms with E-state index in [4.69, 9.17) is 10.5 Å². The molecule has 3 aromatic heterocycles. The molecular weight excluding hydrogens is 344 g/mol. The Bertz CT molecular complexity index is 1060. The van der Waals surface area contributed by atoms with E-state index in [0.29, 0.717) is 11.5 Å². The van der Waals surface area contributed by atoms with Gasteiger partial charge in [0, 0.05) is 36.1 Å². The Labute approximate surface area is 154 Å². The Balaban J connectivity index is 1.63. The number of benzene rings is 1. The topological polar surface area (TPSA) is 110 Å². The SMILES string of the molecule is Nc1nc(-c2ccc(N3CCOCC3)cc2)c(-c2cn[nH]c2)n2ncnc12. The molecule has 0 atom stereocenters. The Hall–Kier alpha value is -3.46. The third kappa shape index (κ3) is 2.68. The van der Waals surface area contributed by atoms with E-state index < -0.39 is 0 Å². The van der Waals surface area contributed by atoms with Crippen molar-refractivity contribution in [1.82, 2.24) is 29.8 Å². The second-order valence-corrected chi connectivity index (χ2v) is 6.32. The highest BCUT2D eigenvalue weighted by molar-refractivity contribution is 5.82. The van der Waals surface area contributed by atoms with Gasteiger partial charge < -0.3 is 15.4 Å². The van der Waals surface area contributed by atoms with Gasteiger partial charge in [-0.05, 0) is 12.1 Å². The maximum atomic E-state index is 6.13. The number of hydrogen-bond donors (Lipinski definition) is 2. The first-order valence-electron chi connectivity index (χ1n) is 8.73. The van der Waals surface area contributed by atoms with E-state index in [1.807, 2.05) is 0 Å². The predicted octanol–water partition coefficient (Wildman–Crippen LogP) is 1.60. The van der Waals surface area contributed by atoms with Crippen molar-refractivity contribution in [3.05, 3.63) is 43.0 Å². The molecule has 0 amide bonds. The molecule has 9 nitrogen and oxygen atoms in total. The number of nitrogens with one attached hydrogen (secondary N) is 1. The fraction of sp³-hybridized carbons (Fsp3) is 0.222. The molecule has 136 valence electrons. The first-order chi connectivity index (χ1) is 13.3. The molecule has 9 heteroatoms. The number of nitrogens with two attached hydrogens (primary N) is 1. The quantitative estimate of drug-likeness (QED) is 0.569. The number of anilines is 2. The molecule has 1 fully saturated rings. The Morgan fingerprint density at radius 2 is 1.89 bits per heavy atom. The maximum Gasteiger partial charge on any atom is 0.198 e. The first-order valence-corrected chi connectivity index (χ1v) is 8.73. The van der Waals surface area contributed by atoms with Crippen molar-refractivity contribution in [2.45, 2.75) is 0 Å². The molecule has 1 aliphatic rings. The van der Waals surface area contributed by atoms with Gasteiger partial charge in [-0.15, -0.1) is 0 Å². The molecular formula is C18H18N8O. The van der Waals surface area contributed by atoms with Gasteiger partial charge in [0.25, 0.3) is 0 Å². The van der Waals surface area contributed by atoms with Gasteiger partial charge >= 0.3 is 0 Å². The van der Waals surface area contributed by atoms with Crippen LogP contribution in [-0.4, -0.2) is 56.1 Å². The van der Waals surface area contributed by atoms with Crippen LogP contribution in [0.3, 0.4) is 0 Å². The summed E-state index contributed by atoms with van der Waals surface area (Å²) in [6.45, 7) is 3.31. The molecule has 4 heterocycles. The summed E-state index contributed by atoms with van der Waals surface area (Å²) in [5.41, 5.74) is 11.2. The minimum absolute atomic E-state index is 0.340. The lowest BCUT2D eigenvalue weighted by molar-refractivity contribution is 0.122. The van der Waals surface area contributed by atoms with Crippen LogP contribution in [0, 0.1) is 0 Å². The molecule has 1 aromatic carbocycles. The summed E-state index contributed by atoms with van der Waals surface area (Å²) in [5.74, 6) is 0.340. The third-order valence-electron chi connectivity index (χ3n) is 4.73. The molecule has 0 unspecified atom stereocenters. The van der Waals surface area contributed by atoms with Gasteiger partial charge in [-0.3, -0.25) is 5.10 Å². The minimum atomic E-state index is 0.340. The largest absolute Gasteiger partial charge is 0.381 e. The van der Waals surface area contributed by atoms with Crippen molar-refractivity contribution in [2.75, 3.05) is 36.9 Å². The van der Waals surface area contributed by atoms with E-state index in [0.717, 1.165) is 48.8 Å². The second-order valence-electron chi connectivity index (χ2n) is 6.32. The van der Waals surface area contributed by atoms with Crippen LogP contribution < -0.4 is 10.6 Å². The number of nitrogen functional groups attached to an aromatic ring is 1. The highest BCUT2D eigenvalue weighted by Crippen LogP contribution is 2.33. The standard InChI is InChI=1S/C18H18N8O/c19-17-18-20-11-23-26(18)16(13-9-21-22-10-13)15(24-17)12-1-3-14(4-2-12)25-5-7-27-8-6-25/h1-4,9-11H,5-8H2,(H2,19,24)(H,21,22). The zero-order valence-electron chi connectivity index (χ0n) is 14.5. The molecule has 0 radical (unpaired) electrons. The molecule has 1 aliphatic heterocycles. The van der Waals surface area contributed by atoms with Gasteiger partial charge in [0.1, 0.15) is 12.0 Å². The zero-order valence-corrected chi connectivity index (χ0v) is 14.5. The number of nitrogens with zero attached hydrogens (tertiary/aromatic N) is 6. The van der Waals surface area contributed by atoms with Crippen molar-refractivity contribution >= 4 is 17.2 Å². The maximum absolute atomic E-state index is 6.13. The summed E-state index contributed by atoms with van der Waals surface area (Å²) in [6, 6.07) is 8.31. The summed E-state index contributed by atoms with van der Waals surface area (Å²) in [5, 5.41) is 11.2. The van der Waals surface area contributed by atoms with E-state index in [1.165, 1.54) is 12.0 Å². The fourth-order valence-electron chi connectivity index (χ4n) is 3.40. The van der Waals surface area contributed by atoms with Crippen molar-refractivity contribution in [3.8, 4) is 22.5 Å². The van der Waals surface area contributed by atoms with Crippen LogP contribution in [0.25, 0.3) is 28.2 Å². The van der Waals surface area contributed by atoms with Gasteiger partial charge in [0.05, 0.1) is 25.1 Å². The number of ether oxygens (including phenoxy) is 1. The molecule has 0 bridgehead atoms. The van der Waals surface area contributed by atoms with E-state index >= 15 is 0 Å². The van der Waals surface area contributed by atoms with Gasteiger partial charge in [0.2, 0.25) is 0 Å². The highest BCUT2D eigenvalue weighted by Gasteiger charge is 2.19. The van der Waals surface area contributed by atoms with Crippen LogP contribution in [0.1, 0.15) is 0 Å². The summed E-state index contributed by atoms with van der Waals surface area (Å²) in [4.78, 5) is 11.1.